The molecular weight excluding hydrogens is 202 g/mol. The van der Waals surface area contributed by atoms with Gasteiger partial charge in [0, 0.05) is 5.69 Å². The first-order valence-corrected chi connectivity index (χ1v) is 5.49. The molecule has 0 saturated carbocycles. The summed E-state index contributed by atoms with van der Waals surface area (Å²) in [5.74, 6) is 0.366. The van der Waals surface area contributed by atoms with E-state index in [1.54, 1.807) is 13.0 Å². The maximum absolute atomic E-state index is 11.9. The topological polar surface area (TPSA) is 68.0 Å². The van der Waals surface area contributed by atoms with Crippen molar-refractivity contribution in [3.05, 3.63) is 23.9 Å². The van der Waals surface area contributed by atoms with Crippen molar-refractivity contribution < 1.29 is 4.79 Å². The number of anilines is 1. The monoisotopic (exact) mass is 221 g/mol. The summed E-state index contributed by atoms with van der Waals surface area (Å²) in [4.78, 5) is 16.1. The Kier molecular flexibility index (Phi) is 4.01. The van der Waals surface area contributed by atoms with Gasteiger partial charge in [0.05, 0.1) is 5.54 Å². The summed E-state index contributed by atoms with van der Waals surface area (Å²) >= 11 is 0. The van der Waals surface area contributed by atoms with Crippen LogP contribution in [-0.4, -0.2) is 16.4 Å². The lowest BCUT2D eigenvalue weighted by Crippen LogP contribution is -2.48. The number of nitrogens with one attached hydrogen (secondary N) is 1. The van der Waals surface area contributed by atoms with Gasteiger partial charge in [0.2, 0.25) is 5.91 Å². The van der Waals surface area contributed by atoms with E-state index < -0.39 is 5.54 Å². The Morgan fingerprint density at radius 3 is 2.81 bits per heavy atom. The van der Waals surface area contributed by atoms with E-state index in [9.17, 15) is 4.79 Å². The third kappa shape index (κ3) is 3.31. The highest BCUT2D eigenvalue weighted by molar-refractivity contribution is 5.96. The highest BCUT2D eigenvalue weighted by atomic mass is 16.2. The molecule has 0 fully saturated rings. The van der Waals surface area contributed by atoms with Crippen molar-refractivity contribution in [2.24, 2.45) is 5.73 Å². The van der Waals surface area contributed by atoms with Gasteiger partial charge in [0.15, 0.2) is 0 Å². The number of hydrogen-bond donors (Lipinski definition) is 2. The Balaban J connectivity index is 2.71. The van der Waals surface area contributed by atoms with Crippen LogP contribution < -0.4 is 11.1 Å². The van der Waals surface area contributed by atoms with Crippen LogP contribution in [-0.2, 0) is 4.79 Å². The van der Waals surface area contributed by atoms with Crippen molar-refractivity contribution in [1.82, 2.24) is 4.98 Å². The van der Waals surface area contributed by atoms with Gasteiger partial charge in [-0.2, -0.15) is 0 Å². The molecule has 3 N–H and O–H groups in total. The highest BCUT2D eigenvalue weighted by Crippen LogP contribution is 2.12. The third-order valence-electron chi connectivity index (χ3n) is 2.42. The first kappa shape index (κ1) is 12.6. The maximum atomic E-state index is 11.9. The van der Waals surface area contributed by atoms with Crippen LogP contribution in [0.5, 0.6) is 0 Å². The van der Waals surface area contributed by atoms with E-state index in [0.29, 0.717) is 12.2 Å². The van der Waals surface area contributed by atoms with Crippen LogP contribution in [0.1, 0.15) is 32.4 Å². The van der Waals surface area contributed by atoms with E-state index in [-0.39, 0.29) is 5.91 Å². The van der Waals surface area contributed by atoms with E-state index in [0.717, 1.165) is 12.1 Å². The molecule has 0 aliphatic heterocycles. The van der Waals surface area contributed by atoms with Gasteiger partial charge in [0.1, 0.15) is 5.82 Å². The van der Waals surface area contributed by atoms with Crippen LogP contribution in [0.25, 0.3) is 0 Å². The van der Waals surface area contributed by atoms with Crippen molar-refractivity contribution in [3.63, 3.8) is 0 Å². The van der Waals surface area contributed by atoms with Gasteiger partial charge in [-0.1, -0.05) is 19.4 Å². The summed E-state index contributed by atoms with van der Waals surface area (Å²) < 4.78 is 0. The predicted octanol–water partition coefficient (Wildman–Crippen LogP) is 1.85. The van der Waals surface area contributed by atoms with Crippen molar-refractivity contribution in [1.29, 1.82) is 0 Å². The number of aromatic nitrogens is 1. The van der Waals surface area contributed by atoms with Crippen LogP contribution in [0, 0.1) is 6.92 Å². The zero-order valence-corrected chi connectivity index (χ0v) is 10.1. The predicted molar refractivity (Wildman–Crippen MR) is 65.1 cm³/mol. The van der Waals surface area contributed by atoms with Crippen LogP contribution in [0.4, 0.5) is 5.82 Å². The summed E-state index contributed by atoms with van der Waals surface area (Å²) in [7, 11) is 0. The largest absolute Gasteiger partial charge is 0.318 e. The van der Waals surface area contributed by atoms with E-state index >= 15 is 0 Å². The minimum Gasteiger partial charge on any atom is -0.318 e. The van der Waals surface area contributed by atoms with E-state index in [1.165, 1.54) is 0 Å². The minimum atomic E-state index is -0.833. The zero-order chi connectivity index (χ0) is 12.2. The Hall–Kier alpha value is -1.42. The molecule has 1 heterocycles. The fraction of sp³-hybridized carbons (Fsp3) is 0.500. The van der Waals surface area contributed by atoms with E-state index in [4.69, 9.17) is 5.73 Å². The third-order valence-corrected chi connectivity index (χ3v) is 2.42. The molecule has 0 spiro atoms. The number of aryl methyl sites for hydroxylation is 1. The minimum absolute atomic E-state index is 0.188. The molecule has 0 radical (unpaired) electrons. The second kappa shape index (κ2) is 5.07. The van der Waals surface area contributed by atoms with E-state index in [2.05, 4.69) is 10.3 Å². The highest BCUT2D eigenvalue weighted by Gasteiger charge is 2.27. The van der Waals surface area contributed by atoms with E-state index in [1.807, 2.05) is 26.0 Å². The molecule has 0 saturated heterocycles. The van der Waals surface area contributed by atoms with Crippen molar-refractivity contribution in [3.8, 4) is 0 Å². The Morgan fingerprint density at radius 1 is 1.56 bits per heavy atom. The quantitative estimate of drug-likeness (QED) is 0.815. The summed E-state index contributed by atoms with van der Waals surface area (Å²) in [6.45, 7) is 5.62. The fourth-order valence-corrected chi connectivity index (χ4v) is 1.50. The molecule has 1 amide bonds. The number of pyridine rings is 1. The molecular formula is C12H19N3O. The van der Waals surface area contributed by atoms with Crippen molar-refractivity contribution in [2.75, 3.05) is 5.32 Å². The first-order chi connectivity index (χ1) is 7.45. The van der Waals surface area contributed by atoms with Gasteiger partial charge >= 0.3 is 0 Å². The number of rotatable bonds is 4. The Morgan fingerprint density at radius 2 is 2.25 bits per heavy atom. The number of nitrogens with zero attached hydrogens (tertiary/aromatic N) is 1. The lowest BCUT2D eigenvalue weighted by Gasteiger charge is -2.22. The molecule has 16 heavy (non-hydrogen) atoms. The molecule has 1 rings (SSSR count). The Labute approximate surface area is 96.3 Å². The smallest absolute Gasteiger partial charge is 0.245 e. The molecule has 1 unspecified atom stereocenters. The summed E-state index contributed by atoms with van der Waals surface area (Å²) in [6.07, 6.45) is 1.53. The van der Waals surface area contributed by atoms with Crippen LogP contribution in [0.3, 0.4) is 0 Å². The number of carbonyl (C=O) groups excluding carboxylic acids is 1. The lowest BCUT2D eigenvalue weighted by atomic mass is 9.96. The lowest BCUT2D eigenvalue weighted by molar-refractivity contribution is -0.120. The second-order valence-corrected chi connectivity index (χ2v) is 4.29. The molecule has 0 aliphatic rings. The molecule has 88 valence electrons. The van der Waals surface area contributed by atoms with Gasteiger partial charge in [-0.3, -0.25) is 4.79 Å². The first-order valence-electron chi connectivity index (χ1n) is 5.49. The van der Waals surface area contributed by atoms with Gasteiger partial charge in [-0.25, -0.2) is 4.98 Å². The van der Waals surface area contributed by atoms with Gasteiger partial charge < -0.3 is 11.1 Å². The molecule has 0 aromatic carbocycles. The molecule has 4 nitrogen and oxygen atoms in total. The normalized spacial score (nSPS) is 14.2. The summed E-state index contributed by atoms with van der Waals surface area (Å²) in [5.41, 5.74) is 5.95. The second-order valence-electron chi connectivity index (χ2n) is 4.29. The van der Waals surface area contributed by atoms with Crippen LogP contribution in [0.15, 0.2) is 18.2 Å². The molecule has 0 bridgehead atoms. The molecule has 1 aromatic heterocycles. The van der Waals surface area contributed by atoms with Crippen LogP contribution in [0.2, 0.25) is 0 Å². The average Bonchev–Trinajstić information content (AvgIpc) is 2.17. The number of hydrogen-bond acceptors (Lipinski definition) is 3. The molecule has 0 aliphatic carbocycles. The molecule has 1 aromatic rings. The Bertz CT molecular complexity index is 374. The maximum Gasteiger partial charge on any atom is 0.245 e. The fourth-order valence-electron chi connectivity index (χ4n) is 1.50. The SMILES string of the molecule is CCCC(C)(N)C(=O)Nc1cccc(C)n1. The number of nitrogens with two attached hydrogens (primary N) is 1. The number of carbonyl (C=O) groups is 1. The van der Waals surface area contributed by atoms with Gasteiger partial charge in [0.25, 0.3) is 0 Å². The van der Waals surface area contributed by atoms with Gasteiger partial charge in [-0.05, 0) is 32.4 Å². The standard InChI is InChI=1S/C12H19N3O/c1-4-8-12(3,13)11(16)15-10-7-5-6-9(2)14-10/h5-7H,4,8,13H2,1-3H3,(H,14,15,16). The molecule has 4 heteroatoms. The van der Waals surface area contributed by atoms with Crippen LogP contribution >= 0.6 is 0 Å². The molecule has 1 atom stereocenters. The zero-order valence-electron chi connectivity index (χ0n) is 10.1. The van der Waals surface area contributed by atoms with Gasteiger partial charge in [-0.15, -0.1) is 0 Å². The average molecular weight is 221 g/mol. The summed E-state index contributed by atoms with van der Waals surface area (Å²) in [6, 6.07) is 5.49. The number of amides is 1. The van der Waals surface area contributed by atoms with Crippen molar-refractivity contribution >= 4 is 11.7 Å². The summed E-state index contributed by atoms with van der Waals surface area (Å²) in [5, 5.41) is 2.73. The van der Waals surface area contributed by atoms with Crippen molar-refractivity contribution in [2.45, 2.75) is 39.2 Å².